The lowest BCUT2D eigenvalue weighted by Gasteiger charge is -2.13. The summed E-state index contributed by atoms with van der Waals surface area (Å²) in [6, 6.07) is 6.70. The standard InChI is InChI=1S/C24H24FN7O3/c1-5-10-32-19(12-18(31-32)24(2,3)4)29-23(34)28-16-7-6-14(11-15(16)25)35-17-8-9-26-22-21(17)27-13-20(33)30-22/h5-9,11-13H,1,10H2,2-4H3,(H,26,30,33)(H2,28,29,34). The summed E-state index contributed by atoms with van der Waals surface area (Å²) in [4.78, 5) is 34.6. The van der Waals surface area contributed by atoms with E-state index in [-0.39, 0.29) is 28.2 Å². The molecular weight excluding hydrogens is 453 g/mol. The number of aromatic nitrogens is 5. The van der Waals surface area contributed by atoms with E-state index in [2.05, 4.69) is 37.3 Å². The first-order chi connectivity index (χ1) is 16.6. The van der Waals surface area contributed by atoms with Crippen LogP contribution in [-0.2, 0) is 12.0 Å². The van der Waals surface area contributed by atoms with Gasteiger partial charge in [0, 0.05) is 29.8 Å². The van der Waals surface area contributed by atoms with E-state index in [0.29, 0.717) is 17.9 Å². The van der Waals surface area contributed by atoms with E-state index in [4.69, 9.17) is 4.74 Å². The minimum Gasteiger partial charge on any atom is -0.455 e. The van der Waals surface area contributed by atoms with Crippen LogP contribution >= 0.6 is 0 Å². The van der Waals surface area contributed by atoms with Gasteiger partial charge in [-0.05, 0) is 12.1 Å². The molecule has 0 spiro atoms. The average molecular weight is 478 g/mol. The molecule has 1 aromatic carbocycles. The predicted octanol–water partition coefficient (Wildman–Crippen LogP) is 4.57. The quantitative estimate of drug-likeness (QED) is 0.349. The van der Waals surface area contributed by atoms with Crippen molar-refractivity contribution in [1.82, 2.24) is 24.7 Å². The van der Waals surface area contributed by atoms with E-state index >= 15 is 0 Å². The highest BCUT2D eigenvalue weighted by atomic mass is 19.1. The van der Waals surface area contributed by atoms with Crippen molar-refractivity contribution in [2.75, 3.05) is 10.6 Å². The molecule has 35 heavy (non-hydrogen) atoms. The number of anilines is 2. The van der Waals surface area contributed by atoms with E-state index in [0.717, 1.165) is 18.0 Å². The molecule has 3 N–H and O–H groups in total. The Morgan fingerprint density at radius 1 is 1.23 bits per heavy atom. The maximum absolute atomic E-state index is 14.8. The van der Waals surface area contributed by atoms with Gasteiger partial charge in [-0.3, -0.25) is 10.1 Å². The number of hydrogen-bond donors (Lipinski definition) is 3. The number of nitrogens with zero attached hydrogens (tertiary/aromatic N) is 4. The van der Waals surface area contributed by atoms with Gasteiger partial charge in [0.2, 0.25) is 0 Å². The molecule has 0 aliphatic heterocycles. The molecule has 0 unspecified atom stereocenters. The van der Waals surface area contributed by atoms with Crippen LogP contribution in [0.4, 0.5) is 20.7 Å². The molecule has 2 amide bonds. The topological polar surface area (TPSA) is 127 Å². The second kappa shape index (κ2) is 9.37. The second-order valence-electron chi connectivity index (χ2n) is 8.71. The number of ether oxygens (including phenoxy) is 1. The number of H-pyrrole nitrogens is 1. The van der Waals surface area contributed by atoms with Crippen LogP contribution in [0.3, 0.4) is 0 Å². The summed E-state index contributed by atoms with van der Waals surface area (Å²) in [5.74, 6) is 0.220. The van der Waals surface area contributed by atoms with Gasteiger partial charge < -0.3 is 15.0 Å². The van der Waals surface area contributed by atoms with Crippen LogP contribution in [-0.4, -0.2) is 30.8 Å². The third kappa shape index (κ3) is 5.35. The molecule has 4 aromatic rings. The van der Waals surface area contributed by atoms with Crippen LogP contribution in [0.5, 0.6) is 11.5 Å². The monoisotopic (exact) mass is 477 g/mol. The molecule has 180 valence electrons. The molecule has 0 saturated heterocycles. The van der Waals surface area contributed by atoms with E-state index < -0.39 is 17.4 Å². The van der Waals surface area contributed by atoms with Crippen molar-refractivity contribution in [2.45, 2.75) is 32.7 Å². The van der Waals surface area contributed by atoms with Crippen LogP contribution in [0, 0.1) is 5.82 Å². The molecule has 10 nitrogen and oxygen atoms in total. The van der Waals surface area contributed by atoms with Crippen LogP contribution in [0.25, 0.3) is 11.2 Å². The van der Waals surface area contributed by atoms with Crippen molar-refractivity contribution in [2.24, 2.45) is 0 Å². The maximum Gasteiger partial charge on any atom is 0.324 e. The summed E-state index contributed by atoms with van der Waals surface area (Å²) in [6.07, 6.45) is 4.21. The second-order valence-corrected chi connectivity index (χ2v) is 8.71. The summed E-state index contributed by atoms with van der Waals surface area (Å²) >= 11 is 0. The molecule has 3 heterocycles. The zero-order chi connectivity index (χ0) is 25.2. The van der Waals surface area contributed by atoms with Gasteiger partial charge in [-0.1, -0.05) is 26.8 Å². The number of carbonyl (C=O) groups is 1. The molecule has 0 aliphatic carbocycles. The van der Waals surface area contributed by atoms with Crippen molar-refractivity contribution in [1.29, 1.82) is 0 Å². The van der Waals surface area contributed by atoms with E-state index in [9.17, 15) is 14.0 Å². The fraction of sp³-hybridized carbons (Fsp3) is 0.208. The summed E-state index contributed by atoms with van der Waals surface area (Å²) in [5.41, 5.74) is 0.707. The van der Waals surface area contributed by atoms with Gasteiger partial charge in [0.05, 0.1) is 24.1 Å². The van der Waals surface area contributed by atoms with Crippen LogP contribution in [0.1, 0.15) is 26.5 Å². The van der Waals surface area contributed by atoms with Gasteiger partial charge in [-0.15, -0.1) is 6.58 Å². The average Bonchev–Trinajstić information content (AvgIpc) is 3.18. The van der Waals surface area contributed by atoms with Crippen molar-refractivity contribution in [3.63, 3.8) is 0 Å². The van der Waals surface area contributed by atoms with Crippen LogP contribution < -0.4 is 20.9 Å². The SMILES string of the molecule is C=CCn1nc(C(C)(C)C)cc1NC(=O)Nc1ccc(Oc2ccnc3[nH]c(=O)cnc23)cc1F. The number of fused-ring (bicyclic) bond motifs is 1. The van der Waals surface area contributed by atoms with Crippen molar-refractivity contribution < 1.29 is 13.9 Å². The Morgan fingerprint density at radius 3 is 2.74 bits per heavy atom. The number of rotatable bonds is 6. The number of allylic oxidation sites excluding steroid dienone is 1. The maximum atomic E-state index is 14.8. The number of halogens is 1. The van der Waals surface area contributed by atoms with Gasteiger partial charge in [-0.25, -0.2) is 23.8 Å². The van der Waals surface area contributed by atoms with Crippen molar-refractivity contribution in [3.8, 4) is 11.5 Å². The molecule has 0 bridgehead atoms. The van der Waals surface area contributed by atoms with Gasteiger partial charge in [0.15, 0.2) is 11.4 Å². The third-order valence-corrected chi connectivity index (χ3v) is 4.95. The number of benzene rings is 1. The number of aromatic amines is 1. The van der Waals surface area contributed by atoms with Crippen LogP contribution in [0.2, 0.25) is 0 Å². The van der Waals surface area contributed by atoms with E-state index in [1.165, 1.54) is 18.3 Å². The zero-order valence-electron chi connectivity index (χ0n) is 19.4. The fourth-order valence-electron chi connectivity index (χ4n) is 3.21. The molecular formula is C24H24FN7O3. The molecule has 4 rings (SSSR count). The Balaban J connectivity index is 1.49. The van der Waals surface area contributed by atoms with Gasteiger partial charge >= 0.3 is 6.03 Å². The lowest BCUT2D eigenvalue weighted by atomic mass is 9.92. The number of amides is 2. The Labute approximate surface area is 199 Å². The van der Waals surface area contributed by atoms with E-state index in [1.54, 1.807) is 22.9 Å². The first-order valence-corrected chi connectivity index (χ1v) is 10.7. The third-order valence-electron chi connectivity index (χ3n) is 4.95. The van der Waals surface area contributed by atoms with Gasteiger partial charge in [-0.2, -0.15) is 5.10 Å². The summed E-state index contributed by atoms with van der Waals surface area (Å²) < 4.78 is 22.1. The predicted molar refractivity (Wildman–Crippen MR) is 130 cm³/mol. The number of carbonyl (C=O) groups excluding carboxylic acids is 1. The smallest absolute Gasteiger partial charge is 0.324 e. The normalized spacial score (nSPS) is 11.3. The zero-order valence-corrected chi connectivity index (χ0v) is 19.4. The minimum atomic E-state index is -0.702. The molecule has 11 heteroatoms. The number of hydrogen-bond acceptors (Lipinski definition) is 6. The molecule has 0 radical (unpaired) electrons. The minimum absolute atomic E-state index is 0.0391. The number of pyridine rings is 1. The summed E-state index contributed by atoms with van der Waals surface area (Å²) in [7, 11) is 0. The first-order valence-electron chi connectivity index (χ1n) is 10.7. The molecule has 0 saturated carbocycles. The van der Waals surface area contributed by atoms with Crippen LogP contribution in [0.15, 0.2) is 60.2 Å². The number of nitrogens with one attached hydrogen (secondary N) is 3. The number of urea groups is 1. The highest BCUT2D eigenvalue weighted by Gasteiger charge is 2.21. The Bertz CT molecular complexity index is 1470. The highest BCUT2D eigenvalue weighted by Crippen LogP contribution is 2.29. The lowest BCUT2D eigenvalue weighted by Crippen LogP contribution is -2.22. The summed E-state index contributed by atoms with van der Waals surface area (Å²) in [5, 5.41) is 9.71. The highest BCUT2D eigenvalue weighted by molar-refractivity contribution is 5.99. The Morgan fingerprint density at radius 2 is 2.03 bits per heavy atom. The summed E-state index contributed by atoms with van der Waals surface area (Å²) in [6.45, 7) is 10.2. The molecule has 0 fully saturated rings. The molecule has 0 atom stereocenters. The first kappa shape index (κ1) is 23.6. The fourth-order valence-corrected chi connectivity index (χ4v) is 3.21. The van der Waals surface area contributed by atoms with Gasteiger partial charge in [0.1, 0.15) is 22.9 Å². The Hall–Kier alpha value is -4.54. The Kier molecular flexibility index (Phi) is 6.32. The van der Waals surface area contributed by atoms with Gasteiger partial charge in [0.25, 0.3) is 5.56 Å². The largest absolute Gasteiger partial charge is 0.455 e. The lowest BCUT2D eigenvalue weighted by molar-refractivity contribution is 0.262. The van der Waals surface area contributed by atoms with Crippen molar-refractivity contribution >= 4 is 28.7 Å². The van der Waals surface area contributed by atoms with Crippen molar-refractivity contribution in [3.05, 3.63) is 77.2 Å². The molecule has 0 aliphatic rings. The molecule has 3 aromatic heterocycles. The van der Waals surface area contributed by atoms with E-state index in [1.807, 2.05) is 20.8 Å².